The number of rotatable bonds is 2. The largest absolute Gasteiger partial charge is 0.381 e. The van der Waals surface area contributed by atoms with E-state index in [1.54, 1.807) is 18.7 Å². The topological polar surface area (TPSA) is 84.7 Å². The molecule has 0 aromatic heterocycles. The third kappa shape index (κ3) is 2.34. The van der Waals surface area contributed by atoms with Gasteiger partial charge in [0.2, 0.25) is 11.8 Å². The molecule has 0 unspecified atom stereocenters. The standard InChI is InChI=1S/C13H23N3O3/c1-12(2)10(17)15-5-6-16(12)11(18)13(9-14)3-7-19-8-4-13/h3-9,14H2,1-2H3,(H,15,17). The Morgan fingerprint density at radius 1 is 1.42 bits per heavy atom. The summed E-state index contributed by atoms with van der Waals surface area (Å²) in [5, 5.41) is 2.80. The third-order valence-electron chi connectivity index (χ3n) is 4.39. The Morgan fingerprint density at radius 3 is 2.63 bits per heavy atom. The lowest BCUT2D eigenvalue weighted by molar-refractivity contribution is -0.160. The maximum atomic E-state index is 12.9. The van der Waals surface area contributed by atoms with E-state index in [0.29, 0.717) is 45.7 Å². The maximum Gasteiger partial charge on any atom is 0.245 e. The van der Waals surface area contributed by atoms with E-state index in [4.69, 9.17) is 10.5 Å². The minimum Gasteiger partial charge on any atom is -0.381 e. The first-order valence-corrected chi connectivity index (χ1v) is 6.82. The predicted molar refractivity (Wildman–Crippen MR) is 70.3 cm³/mol. The van der Waals surface area contributed by atoms with Crippen LogP contribution in [0.2, 0.25) is 0 Å². The van der Waals surface area contributed by atoms with Crippen molar-refractivity contribution in [3.63, 3.8) is 0 Å². The Balaban J connectivity index is 2.24. The molecule has 2 amide bonds. The van der Waals surface area contributed by atoms with Crippen molar-refractivity contribution in [2.24, 2.45) is 11.1 Å². The zero-order valence-corrected chi connectivity index (χ0v) is 11.7. The van der Waals surface area contributed by atoms with Crippen molar-refractivity contribution >= 4 is 11.8 Å². The first-order chi connectivity index (χ1) is 8.94. The normalized spacial score (nSPS) is 25.8. The average molecular weight is 269 g/mol. The van der Waals surface area contributed by atoms with Gasteiger partial charge in [0.25, 0.3) is 0 Å². The van der Waals surface area contributed by atoms with Gasteiger partial charge in [-0.25, -0.2) is 0 Å². The molecule has 0 bridgehead atoms. The van der Waals surface area contributed by atoms with Crippen molar-refractivity contribution in [1.82, 2.24) is 10.2 Å². The number of amides is 2. The van der Waals surface area contributed by atoms with Crippen LogP contribution in [-0.2, 0) is 14.3 Å². The van der Waals surface area contributed by atoms with Crippen LogP contribution in [0, 0.1) is 5.41 Å². The minimum atomic E-state index is -0.810. The number of hydrogen-bond donors (Lipinski definition) is 2. The highest BCUT2D eigenvalue weighted by Gasteiger charge is 2.48. The van der Waals surface area contributed by atoms with E-state index >= 15 is 0 Å². The summed E-state index contributed by atoms with van der Waals surface area (Å²) >= 11 is 0. The highest BCUT2D eigenvalue weighted by molar-refractivity contribution is 5.93. The van der Waals surface area contributed by atoms with Crippen LogP contribution < -0.4 is 11.1 Å². The summed E-state index contributed by atoms with van der Waals surface area (Å²) in [6.45, 7) is 6.04. The highest BCUT2D eigenvalue weighted by Crippen LogP contribution is 2.34. The van der Waals surface area contributed by atoms with Gasteiger partial charge in [0, 0.05) is 32.8 Å². The van der Waals surface area contributed by atoms with Crippen molar-refractivity contribution in [1.29, 1.82) is 0 Å². The summed E-state index contributed by atoms with van der Waals surface area (Å²) in [6.07, 6.45) is 1.27. The van der Waals surface area contributed by atoms with E-state index in [-0.39, 0.29) is 11.8 Å². The maximum absolute atomic E-state index is 12.9. The molecule has 0 saturated carbocycles. The van der Waals surface area contributed by atoms with Gasteiger partial charge in [-0.3, -0.25) is 9.59 Å². The molecular weight excluding hydrogens is 246 g/mol. The zero-order valence-electron chi connectivity index (χ0n) is 11.7. The van der Waals surface area contributed by atoms with Gasteiger partial charge in [-0.1, -0.05) is 0 Å². The minimum absolute atomic E-state index is 0.00171. The van der Waals surface area contributed by atoms with E-state index in [1.807, 2.05) is 0 Å². The van der Waals surface area contributed by atoms with Crippen LogP contribution in [0.25, 0.3) is 0 Å². The second kappa shape index (κ2) is 5.09. The van der Waals surface area contributed by atoms with Crippen LogP contribution in [0.15, 0.2) is 0 Å². The van der Waals surface area contributed by atoms with E-state index < -0.39 is 11.0 Å². The summed E-state index contributed by atoms with van der Waals surface area (Å²) in [6, 6.07) is 0. The van der Waals surface area contributed by atoms with Gasteiger partial charge in [-0.15, -0.1) is 0 Å². The third-order valence-corrected chi connectivity index (χ3v) is 4.39. The molecule has 2 rings (SSSR count). The van der Waals surface area contributed by atoms with E-state index in [2.05, 4.69) is 5.32 Å². The molecule has 3 N–H and O–H groups in total. The molecule has 0 radical (unpaired) electrons. The molecule has 2 aliphatic heterocycles. The lowest BCUT2D eigenvalue weighted by Crippen LogP contribution is -2.66. The van der Waals surface area contributed by atoms with Gasteiger partial charge in [0.1, 0.15) is 5.54 Å². The SMILES string of the molecule is CC1(C)C(=O)NCCN1C(=O)C1(CN)CCOCC1. The molecule has 2 fully saturated rings. The van der Waals surface area contributed by atoms with Gasteiger partial charge in [0.05, 0.1) is 5.41 Å². The molecule has 6 heteroatoms. The lowest BCUT2D eigenvalue weighted by Gasteiger charge is -2.47. The molecule has 0 aromatic carbocycles. The van der Waals surface area contributed by atoms with Gasteiger partial charge < -0.3 is 20.7 Å². The highest BCUT2D eigenvalue weighted by atomic mass is 16.5. The van der Waals surface area contributed by atoms with Crippen LogP contribution in [0.3, 0.4) is 0 Å². The lowest BCUT2D eigenvalue weighted by atomic mass is 9.77. The monoisotopic (exact) mass is 269 g/mol. The van der Waals surface area contributed by atoms with Gasteiger partial charge in [-0.2, -0.15) is 0 Å². The first kappa shape index (κ1) is 14.3. The Labute approximate surface area is 113 Å². The molecule has 0 spiro atoms. The summed E-state index contributed by atoms with van der Waals surface area (Å²) in [7, 11) is 0. The molecule has 2 saturated heterocycles. The zero-order chi connectivity index (χ0) is 14.1. The van der Waals surface area contributed by atoms with Crippen LogP contribution in [-0.4, -0.2) is 55.1 Å². The smallest absolute Gasteiger partial charge is 0.245 e. The van der Waals surface area contributed by atoms with Crippen LogP contribution >= 0.6 is 0 Å². The number of carbonyl (C=O) groups is 2. The van der Waals surface area contributed by atoms with Crippen molar-refractivity contribution in [2.45, 2.75) is 32.2 Å². The van der Waals surface area contributed by atoms with Crippen LogP contribution in [0.4, 0.5) is 0 Å². The van der Waals surface area contributed by atoms with E-state index in [9.17, 15) is 9.59 Å². The molecule has 0 atom stereocenters. The second-order valence-corrected chi connectivity index (χ2v) is 5.87. The quantitative estimate of drug-likeness (QED) is 0.706. The van der Waals surface area contributed by atoms with Crippen molar-refractivity contribution < 1.29 is 14.3 Å². The number of carbonyl (C=O) groups excluding carboxylic acids is 2. The first-order valence-electron chi connectivity index (χ1n) is 6.82. The Morgan fingerprint density at radius 2 is 2.05 bits per heavy atom. The fourth-order valence-corrected chi connectivity index (χ4v) is 2.81. The molecule has 108 valence electrons. The van der Waals surface area contributed by atoms with E-state index in [1.165, 1.54) is 0 Å². The Kier molecular flexibility index (Phi) is 3.82. The van der Waals surface area contributed by atoms with Crippen LogP contribution in [0.5, 0.6) is 0 Å². The van der Waals surface area contributed by atoms with Gasteiger partial charge in [-0.05, 0) is 26.7 Å². The molecular formula is C13H23N3O3. The molecule has 2 heterocycles. The number of nitrogens with two attached hydrogens (primary N) is 1. The number of nitrogens with zero attached hydrogens (tertiary/aromatic N) is 1. The van der Waals surface area contributed by atoms with Gasteiger partial charge in [0.15, 0.2) is 0 Å². The number of ether oxygens (including phenoxy) is 1. The molecule has 6 nitrogen and oxygen atoms in total. The summed E-state index contributed by atoms with van der Waals surface area (Å²) < 4.78 is 5.33. The van der Waals surface area contributed by atoms with Crippen molar-refractivity contribution in [2.75, 3.05) is 32.8 Å². The molecule has 0 aliphatic carbocycles. The van der Waals surface area contributed by atoms with Gasteiger partial charge >= 0.3 is 0 Å². The number of nitrogens with one attached hydrogen (secondary N) is 1. The van der Waals surface area contributed by atoms with Crippen LogP contribution in [0.1, 0.15) is 26.7 Å². The summed E-state index contributed by atoms with van der Waals surface area (Å²) in [5.41, 5.74) is 4.49. The summed E-state index contributed by atoms with van der Waals surface area (Å²) in [5.74, 6) is -0.107. The van der Waals surface area contributed by atoms with Crippen molar-refractivity contribution in [3.05, 3.63) is 0 Å². The average Bonchev–Trinajstić information content (AvgIpc) is 2.42. The molecule has 2 aliphatic rings. The fourth-order valence-electron chi connectivity index (χ4n) is 2.81. The molecule has 19 heavy (non-hydrogen) atoms. The fraction of sp³-hybridized carbons (Fsp3) is 0.846. The Hall–Kier alpha value is -1.14. The number of piperazine rings is 1. The molecule has 0 aromatic rings. The predicted octanol–water partition coefficient (Wildman–Crippen LogP) is -0.521. The second-order valence-electron chi connectivity index (χ2n) is 5.87. The van der Waals surface area contributed by atoms with E-state index in [0.717, 1.165) is 0 Å². The summed E-state index contributed by atoms with van der Waals surface area (Å²) in [4.78, 5) is 26.5. The Bertz CT molecular complexity index is 375. The van der Waals surface area contributed by atoms with Crippen molar-refractivity contribution in [3.8, 4) is 0 Å². The number of hydrogen-bond acceptors (Lipinski definition) is 4.